The number of hydrogen-bond acceptors (Lipinski definition) is 3. The molecule has 2 fully saturated rings. The highest BCUT2D eigenvalue weighted by Crippen LogP contribution is 2.52. The molecule has 0 spiro atoms. The Bertz CT molecular complexity index is 894. The second-order valence-corrected chi connectivity index (χ2v) is 9.35. The summed E-state index contributed by atoms with van der Waals surface area (Å²) in [5.74, 6) is 1.75. The van der Waals surface area contributed by atoms with Gasteiger partial charge in [0.05, 0.1) is 11.8 Å². The van der Waals surface area contributed by atoms with Crippen LogP contribution >= 0.6 is 0 Å². The van der Waals surface area contributed by atoms with E-state index >= 15 is 0 Å². The van der Waals surface area contributed by atoms with Crippen LogP contribution < -0.4 is 10.6 Å². The normalized spacial score (nSPS) is 31.2. The van der Waals surface area contributed by atoms with Gasteiger partial charge in [-0.3, -0.25) is 19.5 Å². The maximum Gasteiger partial charge on any atom is 0.233 e. The monoisotopic (exact) mass is 420 g/mol. The second kappa shape index (κ2) is 8.48. The van der Waals surface area contributed by atoms with E-state index in [4.69, 9.17) is 0 Å². The lowest BCUT2D eigenvalue weighted by Gasteiger charge is -2.26. The van der Waals surface area contributed by atoms with Crippen molar-refractivity contribution in [3.8, 4) is 0 Å². The average Bonchev–Trinajstić information content (AvgIpc) is 3.48. The van der Waals surface area contributed by atoms with E-state index in [2.05, 4.69) is 52.0 Å². The molecule has 31 heavy (non-hydrogen) atoms. The van der Waals surface area contributed by atoms with Gasteiger partial charge in [-0.25, -0.2) is 0 Å². The van der Waals surface area contributed by atoms with E-state index in [1.807, 2.05) is 0 Å². The van der Waals surface area contributed by atoms with Crippen LogP contribution in [0.2, 0.25) is 0 Å². The van der Waals surface area contributed by atoms with Crippen molar-refractivity contribution in [1.29, 1.82) is 0 Å². The molecule has 5 atom stereocenters. The number of amides is 2. The van der Waals surface area contributed by atoms with E-state index < -0.39 is 0 Å². The predicted octanol–water partition coefficient (Wildman–Crippen LogP) is 2.47. The Hall–Kier alpha value is -2.63. The van der Waals surface area contributed by atoms with Gasteiger partial charge in [0.1, 0.15) is 0 Å². The van der Waals surface area contributed by atoms with Gasteiger partial charge in [0.25, 0.3) is 0 Å². The number of likely N-dealkylation sites (tertiary alicyclic amines) is 1. The molecule has 2 amide bonds. The summed E-state index contributed by atoms with van der Waals surface area (Å²) in [6.07, 6.45) is 9.59. The third-order valence-corrected chi connectivity index (χ3v) is 7.65. The van der Waals surface area contributed by atoms with E-state index in [1.165, 1.54) is 35.3 Å². The molecule has 1 aromatic rings. The van der Waals surface area contributed by atoms with Crippen molar-refractivity contribution < 1.29 is 9.59 Å². The third-order valence-electron chi connectivity index (χ3n) is 7.65. The zero-order valence-corrected chi connectivity index (χ0v) is 18.2. The number of imide groups is 1. The number of carbonyl (C=O) groups excluding carboxylic acids is 2. The van der Waals surface area contributed by atoms with Gasteiger partial charge < -0.3 is 10.6 Å². The quantitative estimate of drug-likeness (QED) is 0.244. The number of benzene rings is 1. The van der Waals surface area contributed by atoms with Gasteiger partial charge in [-0.1, -0.05) is 36.4 Å². The molecule has 1 aliphatic heterocycles. The van der Waals surface area contributed by atoms with Crippen LogP contribution in [0.3, 0.4) is 0 Å². The van der Waals surface area contributed by atoms with Gasteiger partial charge in [-0.2, -0.15) is 0 Å². The van der Waals surface area contributed by atoms with Crippen LogP contribution in [0.1, 0.15) is 42.7 Å². The number of rotatable bonds is 6. The lowest BCUT2D eigenvalue weighted by Crippen LogP contribution is -2.41. The summed E-state index contributed by atoms with van der Waals surface area (Å²) in [6.45, 7) is 2.03. The summed E-state index contributed by atoms with van der Waals surface area (Å²) in [5, 5.41) is 6.81. The minimum atomic E-state index is -0.0942. The molecule has 5 unspecified atom stereocenters. The summed E-state index contributed by atoms with van der Waals surface area (Å²) >= 11 is 0. The van der Waals surface area contributed by atoms with E-state index in [1.54, 1.807) is 7.05 Å². The zero-order valence-electron chi connectivity index (χ0n) is 18.2. The lowest BCUT2D eigenvalue weighted by atomic mass is 9.83. The van der Waals surface area contributed by atoms with Crippen molar-refractivity contribution in [2.45, 2.75) is 38.0 Å². The fourth-order valence-electron chi connectivity index (χ4n) is 6.14. The Kier molecular flexibility index (Phi) is 5.55. The van der Waals surface area contributed by atoms with Crippen LogP contribution in [-0.2, 0) is 16.0 Å². The molecule has 0 radical (unpaired) electrons. The van der Waals surface area contributed by atoms with Gasteiger partial charge in [0, 0.05) is 32.6 Å². The number of hydrogen-bond donors (Lipinski definition) is 2. The summed E-state index contributed by atoms with van der Waals surface area (Å²) in [5.41, 5.74) is 2.92. The van der Waals surface area contributed by atoms with E-state index in [-0.39, 0.29) is 35.5 Å². The van der Waals surface area contributed by atoms with E-state index in [0.717, 1.165) is 25.3 Å². The molecule has 6 heteroatoms. The Labute approximate surface area is 184 Å². The first-order valence-electron chi connectivity index (χ1n) is 11.7. The Morgan fingerprint density at radius 3 is 2.58 bits per heavy atom. The summed E-state index contributed by atoms with van der Waals surface area (Å²) < 4.78 is 0. The van der Waals surface area contributed by atoms with Crippen molar-refractivity contribution in [2.24, 2.45) is 28.7 Å². The number of nitrogens with one attached hydrogen (secondary N) is 2. The van der Waals surface area contributed by atoms with E-state index in [0.29, 0.717) is 19.0 Å². The number of aliphatic imine (C=N–C) groups is 1. The summed E-state index contributed by atoms with van der Waals surface area (Å²) in [4.78, 5) is 31.4. The minimum Gasteiger partial charge on any atom is -0.356 e. The van der Waals surface area contributed by atoms with Crippen molar-refractivity contribution in [2.75, 3.05) is 26.7 Å². The second-order valence-electron chi connectivity index (χ2n) is 9.35. The Morgan fingerprint density at radius 1 is 1.10 bits per heavy atom. The Balaban J connectivity index is 1.08. The molecule has 1 aromatic carbocycles. The molecule has 3 aliphatic carbocycles. The molecule has 2 N–H and O–H groups in total. The highest BCUT2D eigenvalue weighted by molar-refractivity contribution is 6.06. The van der Waals surface area contributed by atoms with Gasteiger partial charge in [-0.05, 0) is 55.1 Å². The number of guanidine groups is 1. The molecule has 1 saturated heterocycles. The molecule has 164 valence electrons. The van der Waals surface area contributed by atoms with Crippen molar-refractivity contribution >= 4 is 17.8 Å². The van der Waals surface area contributed by atoms with Gasteiger partial charge in [0.2, 0.25) is 11.8 Å². The molecule has 6 nitrogen and oxygen atoms in total. The first-order valence-corrected chi connectivity index (χ1v) is 11.7. The van der Waals surface area contributed by atoms with Gasteiger partial charge in [0.15, 0.2) is 5.96 Å². The molecule has 4 aliphatic rings. The van der Waals surface area contributed by atoms with Crippen LogP contribution in [0, 0.1) is 23.7 Å². The van der Waals surface area contributed by atoms with Crippen molar-refractivity contribution in [3.05, 3.63) is 47.5 Å². The maximum absolute atomic E-state index is 12.8. The molecule has 2 bridgehead atoms. The number of fused-ring (bicyclic) bond motifs is 6. The summed E-state index contributed by atoms with van der Waals surface area (Å²) in [6, 6.07) is 8.74. The van der Waals surface area contributed by atoms with Crippen LogP contribution in [0.5, 0.6) is 0 Å². The molecule has 1 heterocycles. The fraction of sp³-hybridized carbons (Fsp3) is 0.560. The lowest BCUT2D eigenvalue weighted by molar-refractivity contribution is -0.140. The van der Waals surface area contributed by atoms with Crippen LogP contribution in [0.15, 0.2) is 41.4 Å². The fourth-order valence-corrected chi connectivity index (χ4v) is 6.14. The first-order chi connectivity index (χ1) is 15.2. The number of carbonyl (C=O) groups is 2. The molecular weight excluding hydrogens is 388 g/mol. The van der Waals surface area contributed by atoms with Crippen LogP contribution in [-0.4, -0.2) is 49.4 Å². The molecular formula is C25H32N4O2. The zero-order chi connectivity index (χ0) is 21.4. The predicted molar refractivity (Wildman–Crippen MR) is 121 cm³/mol. The maximum atomic E-state index is 12.8. The highest BCUT2D eigenvalue weighted by atomic mass is 16.2. The number of aryl methyl sites for hydroxylation is 1. The SMILES string of the molecule is CN=C(NCCCN1C(=O)C2C3C=CC(C3)C2C1=O)NCC1CCCc2ccccc21. The summed E-state index contributed by atoms with van der Waals surface area (Å²) in [7, 11) is 1.78. The first kappa shape index (κ1) is 20.3. The van der Waals surface area contributed by atoms with Gasteiger partial charge >= 0.3 is 0 Å². The van der Waals surface area contributed by atoms with Gasteiger partial charge in [-0.15, -0.1) is 0 Å². The molecule has 5 rings (SSSR count). The van der Waals surface area contributed by atoms with Crippen LogP contribution in [0.4, 0.5) is 0 Å². The standard InChI is InChI=1S/C25H32N4O2/c1-26-25(28-15-19-8-4-7-16-6-2-3-9-20(16)19)27-12-5-13-29-23(30)21-17-10-11-18(14-17)22(21)24(29)31/h2-3,6,9-11,17-19,21-22H,4-5,7-8,12-15H2,1H3,(H2,26,27,28). The highest BCUT2D eigenvalue weighted by Gasteiger charge is 2.58. The van der Waals surface area contributed by atoms with Crippen molar-refractivity contribution in [3.63, 3.8) is 0 Å². The van der Waals surface area contributed by atoms with Crippen molar-refractivity contribution in [1.82, 2.24) is 15.5 Å². The average molecular weight is 421 g/mol. The smallest absolute Gasteiger partial charge is 0.233 e. The topological polar surface area (TPSA) is 73.8 Å². The third kappa shape index (κ3) is 3.66. The molecule has 1 saturated carbocycles. The van der Waals surface area contributed by atoms with Crippen LogP contribution in [0.25, 0.3) is 0 Å². The van der Waals surface area contributed by atoms with E-state index in [9.17, 15) is 9.59 Å². The largest absolute Gasteiger partial charge is 0.356 e. The molecule has 0 aromatic heterocycles. The Morgan fingerprint density at radius 2 is 1.84 bits per heavy atom. The number of nitrogens with zero attached hydrogens (tertiary/aromatic N) is 2. The minimum absolute atomic E-state index is 0.0466. The number of allylic oxidation sites excluding steroid dienone is 2.